The first-order valence-corrected chi connectivity index (χ1v) is 13.4. The average molecular weight is 485 g/mol. The van der Waals surface area contributed by atoms with E-state index in [1.165, 1.54) is 22.8 Å². The second-order valence-electron chi connectivity index (χ2n) is 9.02. The molecule has 1 saturated heterocycles. The smallest absolute Gasteiger partial charge is 0.342 e. The largest absolute Gasteiger partial charge is 0.447 e. The van der Waals surface area contributed by atoms with Gasteiger partial charge in [-0.1, -0.05) is 50.1 Å². The number of hydrogen-bond acceptors (Lipinski definition) is 5. The van der Waals surface area contributed by atoms with Gasteiger partial charge in [-0.05, 0) is 60.8 Å². The monoisotopic (exact) mass is 484 g/mol. The van der Waals surface area contributed by atoms with Crippen molar-refractivity contribution in [1.82, 2.24) is 9.88 Å². The Morgan fingerprint density at radius 3 is 2.44 bits per heavy atom. The van der Waals surface area contributed by atoms with Crippen molar-refractivity contribution in [3.63, 3.8) is 0 Å². The summed E-state index contributed by atoms with van der Waals surface area (Å²) in [5, 5.41) is 0. The van der Waals surface area contributed by atoms with Crippen LogP contribution < -0.4 is 4.18 Å². The number of hydrogen-bond donors (Lipinski definition) is 1. The topological polar surface area (TPSA) is 96.8 Å². The third-order valence-corrected chi connectivity index (χ3v) is 6.94. The van der Waals surface area contributed by atoms with Crippen molar-refractivity contribution in [2.45, 2.75) is 65.2 Å². The van der Waals surface area contributed by atoms with Crippen LogP contribution in [0.5, 0.6) is 5.88 Å². The van der Waals surface area contributed by atoms with E-state index in [4.69, 9.17) is 8.74 Å². The second-order valence-corrected chi connectivity index (χ2v) is 10.0. The predicted molar refractivity (Wildman–Crippen MR) is 131 cm³/mol. The van der Waals surface area contributed by atoms with Crippen LogP contribution in [0.15, 0.2) is 35.9 Å². The maximum Gasteiger partial charge on any atom is 0.447 e. The van der Waals surface area contributed by atoms with Gasteiger partial charge in [0.2, 0.25) is 11.8 Å². The lowest BCUT2D eigenvalue weighted by molar-refractivity contribution is -0.131. The van der Waals surface area contributed by atoms with E-state index in [-0.39, 0.29) is 11.8 Å². The number of fused-ring (bicyclic) bond motifs is 2. The molecule has 2 aliphatic rings. The van der Waals surface area contributed by atoms with Gasteiger partial charge in [0.25, 0.3) is 0 Å². The molecular weight excluding hydrogens is 452 g/mol. The van der Waals surface area contributed by atoms with Gasteiger partial charge in [0.15, 0.2) is 0 Å². The Morgan fingerprint density at radius 1 is 1.03 bits per heavy atom. The Kier molecular flexibility index (Phi) is 7.38. The van der Waals surface area contributed by atoms with Crippen molar-refractivity contribution >= 4 is 21.9 Å². The van der Waals surface area contributed by atoms with E-state index in [1.807, 2.05) is 17.9 Å². The highest BCUT2D eigenvalue weighted by molar-refractivity contribution is 7.81. The van der Waals surface area contributed by atoms with Gasteiger partial charge in [-0.25, -0.2) is 4.98 Å². The van der Waals surface area contributed by atoms with Gasteiger partial charge in [0, 0.05) is 31.1 Å². The molecule has 1 fully saturated rings. The van der Waals surface area contributed by atoms with E-state index < -0.39 is 10.4 Å². The van der Waals surface area contributed by atoms with E-state index in [0.717, 1.165) is 61.6 Å². The summed E-state index contributed by atoms with van der Waals surface area (Å²) in [4.78, 5) is 18.9. The van der Waals surface area contributed by atoms with Gasteiger partial charge in [-0.2, -0.15) is 8.42 Å². The Balaban J connectivity index is 1.80. The van der Waals surface area contributed by atoms with E-state index in [0.29, 0.717) is 25.2 Å². The zero-order valence-corrected chi connectivity index (χ0v) is 20.7. The highest BCUT2D eigenvalue weighted by Crippen LogP contribution is 2.39. The summed E-state index contributed by atoms with van der Waals surface area (Å²) < 4.78 is 36.5. The molecule has 4 rings (SSSR count). The third kappa shape index (κ3) is 5.50. The normalized spacial score (nSPS) is 16.0. The minimum atomic E-state index is -4.67. The maximum atomic E-state index is 12.4. The molecule has 1 aliphatic carbocycles. The second kappa shape index (κ2) is 10.3. The van der Waals surface area contributed by atoms with E-state index >= 15 is 0 Å². The molecule has 1 aliphatic heterocycles. The molecule has 0 saturated carbocycles. The van der Waals surface area contributed by atoms with Gasteiger partial charge < -0.3 is 9.08 Å². The number of aryl methyl sites for hydroxylation is 3. The summed E-state index contributed by atoms with van der Waals surface area (Å²) in [7, 11) is -4.67. The number of pyridine rings is 1. The number of piperidine rings is 1. The number of amides is 1. The highest BCUT2D eigenvalue weighted by Gasteiger charge is 2.27. The van der Waals surface area contributed by atoms with Crippen molar-refractivity contribution in [2.75, 3.05) is 13.1 Å². The molecule has 0 bridgehead atoms. The summed E-state index contributed by atoms with van der Waals surface area (Å²) in [6, 6.07) is 9.92. The molecule has 2 heterocycles. The van der Waals surface area contributed by atoms with Crippen molar-refractivity contribution in [2.24, 2.45) is 0 Å². The van der Waals surface area contributed by atoms with E-state index in [1.54, 1.807) is 0 Å². The number of likely N-dealkylation sites (tertiary alicyclic amines) is 1. The highest BCUT2D eigenvalue weighted by atomic mass is 32.3. The van der Waals surface area contributed by atoms with Crippen LogP contribution >= 0.6 is 0 Å². The van der Waals surface area contributed by atoms with E-state index in [2.05, 4.69) is 30.1 Å². The maximum absolute atomic E-state index is 12.4. The number of rotatable bonds is 6. The van der Waals surface area contributed by atoms with Crippen LogP contribution in [0.1, 0.15) is 73.9 Å². The number of aromatic nitrogens is 1. The summed E-state index contributed by atoms with van der Waals surface area (Å²) in [5.41, 5.74) is 7.61. The van der Waals surface area contributed by atoms with Gasteiger partial charge in [-0.15, -0.1) is 0 Å². The molecule has 1 aromatic heterocycles. The first kappa shape index (κ1) is 24.4. The SMILES string of the molecule is CCCC(=O)N1CCC(=C2c3ccc(CCC)cc3CCc3ccc(OS(=O)(=O)O)nc32)CC1. The van der Waals surface area contributed by atoms with Crippen molar-refractivity contribution in [3.05, 3.63) is 63.9 Å². The standard InChI is InChI=1S/C26H32N2O5S/c1-3-5-18-7-11-22-21(17-18)9-8-20-10-12-23(33-34(30,31)32)27-26(20)25(22)19-13-15-28(16-14-19)24(29)6-4-2/h7,10-12,17H,3-6,8-9,13-16H2,1-2H3,(H,30,31,32). The van der Waals surface area contributed by atoms with Gasteiger partial charge in [0.05, 0.1) is 5.69 Å². The molecule has 0 unspecified atom stereocenters. The number of benzene rings is 1. The first-order valence-electron chi connectivity index (χ1n) is 12.1. The first-order chi connectivity index (χ1) is 16.3. The summed E-state index contributed by atoms with van der Waals surface area (Å²) >= 11 is 0. The fourth-order valence-corrected chi connectivity index (χ4v) is 5.30. The Hall–Kier alpha value is -2.71. The molecule has 0 atom stereocenters. The molecule has 0 radical (unpaired) electrons. The molecule has 2 aromatic rings. The lowest BCUT2D eigenvalue weighted by Crippen LogP contribution is -2.36. The molecule has 1 N–H and O–H groups in total. The van der Waals surface area contributed by atoms with Crippen molar-refractivity contribution < 1.29 is 21.9 Å². The fraction of sp³-hybridized carbons (Fsp3) is 0.462. The van der Waals surface area contributed by atoms with Crippen molar-refractivity contribution in [1.29, 1.82) is 0 Å². The molecular formula is C26H32N2O5S. The summed E-state index contributed by atoms with van der Waals surface area (Å²) in [6.07, 6.45) is 6.61. The van der Waals surface area contributed by atoms with Crippen molar-refractivity contribution in [3.8, 4) is 5.88 Å². The molecule has 34 heavy (non-hydrogen) atoms. The van der Waals surface area contributed by atoms with Crippen LogP contribution in [0.2, 0.25) is 0 Å². The fourth-order valence-electron chi connectivity index (χ4n) is 4.99. The lowest BCUT2D eigenvalue weighted by atomic mass is 9.87. The van der Waals surface area contributed by atoms with Crippen LogP contribution in [-0.2, 0) is 34.5 Å². The van der Waals surface area contributed by atoms with Gasteiger partial charge in [-0.3, -0.25) is 9.35 Å². The van der Waals surface area contributed by atoms with Crippen LogP contribution in [0.3, 0.4) is 0 Å². The van der Waals surface area contributed by atoms with Crippen LogP contribution in [0.25, 0.3) is 5.57 Å². The average Bonchev–Trinajstić information content (AvgIpc) is 2.95. The van der Waals surface area contributed by atoms with Gasteiger partial charge >= 0.3 is 10.4 Å². The Morgan fingerprint density at radius 2 is 1.76 bits per heavy atom. The molecule has 182 valence electrons. The van der Waals surface area contributed by atoms with Crippen LogP contribution in [0, 0.1) is 0 Å². The zero-order valence-electron chi connectivity index (χ0n) is 19.8. The number of carbonyl (C=O) groups is 1. The minimum Gasteiger partial charge on any atom is -0.342 e. The van der Waals surface area contributed by atoms with Gasteiger partial charge in [0.1, 0.15) is 0 Å². The third-order valence-electron chi connectivity index (χ3n) is 6.56. The quantitative estimate of drug-likeness (QED) is 0.605. The molecule has 0 spiro atoms. The summed E-state index contributed by atoms with van der Waals surface area (Å²) in [5.74, 6) is 0.0420. The van der Waals surface area contributed by atoms with E-state index in [9.17, 15) is 13.2 Å². The summed E-state index contributed by atoms with van der Waals surface area (Å²) in [6.45, 7) is 5.51. The molecule has 1 amide bonds. The number of nitrogens with zero attached hydrogens (tertiary/aromatic N) is 2. The number of carbonyl (C=O) groups excluding carboxylic acids is 1. The lowest BCUT2D eigenvalue weighted by Gasteiger charge is -2.30. The van der Waals surface area contributed by atoms with Crippen LogP contribution in [-0.4, -0.2) is 41.9 Å². The Labute approximate surface area is 201 Å². The molecule has 1 aromatic carbocycles. The van der Waals surface area contributed by atoms with Crippen LogP contribution in [0.4, 0.5) is 0 Å². The minimum absolute atomic E-state index is 0.152. The predicted octanol–water partition coefficient (Wildman–Crippen LogP) is 4.54. The molecule has 7 nitrogen and oxygen atoms in total. The molecule has 8 heteroatoms. The Bertz CT molecular complexity index is 1210. The zero-order chi connectivity index (χ0) is 24.3.